The van der Waals surface area contributed by atoms with Gasteiger partial charge in [-0.3, -0.25) is 4.79 Å². The van der Waals surface area contributed by atoms with E-state index >= 15 is 0 Å². The predicted octanol–water partition coefficient (Wildman–Crippen LogP) is 0.595. The summed E-state index contributed by atoms with van der Waals surface area (Å²) in [6.07, 6.45) is 3.46. The second-order valence-electron chi connectivity index (χ2n) is 3.15. The second-order valence-corrected chi connectivity index (χ2v) is 3.15. The molecule has 3 aromatic rings. The minimum Gasteiger partial charge on any atom is -0.318 e. The van der Waals surface area contributed by atoms with Gasteiger partial charge in [0, 0.05) is 6.20 Å². The summed E-state index contributed by atoms with van der Waals surface area (Å²) >= 11 is 0. The normalized spacial score (nSPS) is 11.1. The monoisotopic (exact) mass is 186 g/mol. The molecule has 0 unspecified atom stereocenters. The Morgan fingerprint density at radius 1 is 1.21 bits per heavy atom. The lowest BCUT2D eigenvalue weighted by Gasteiger charge is -1.84. The summed E-state index contributed by atoms with van der Waals surface area (Å²) in [6.45, 7) is 0. The van der Waals surface area contributed by atoms with E-state index in [9.17, 15) is 4.79 Å². The van der Waals surface area contributed by atoms with Crippen molar-refractivity contribution in [2.45, 2.75) is 0 Å². The average molecular weight is 186 g/mol. The number of imidazole rings is 1. The second kappa shape index (κ2) is 2.45. The molecule has 0 aliphatic rings. The molecule has 0 saturated heterocycles. The van der Waals surface area contributed by atoms with E-state index in [0.717, 1.165) is 11.0 Å². The molecule has 0 radical (unpaired) electrons. The molecule has 0 saturated carbocycles. The van der Waals surface area contributed by atoms with Gasteiger partial charge in [0.05, 0.1) is 0 Å². The molecule has 4 nitrogen and oxygen atoms in total. The van der Waals surface area contributed by atoms with Crippen LogP contribution in [-0.2, 0) is 0 Å². The molecule has 0 bridgehead atoms. The van der Waals surface area contributed by atoms with E-state index in [1.165, 1.54) is 0 Å². The SMILES string of the molecule is O=c1[nH]cc[n+]2c1[nH]c1ccccc12. The van der Waals surface area contributed by atoms with Gasteiger partial charge in [-0.1, -0.05) is 12.1 Å². The van der Waals surface area contributed by atoms with Gasteiger partial charge in [-0.05, 0) is 12.1 Å². The molecule has 14 heavy (non-hydrogen) atoms. The van der Waals surface area contributed by atoms with Crippen LogP contribution in [0.15, 0.2) is 41.5 Å². The Morgan fingerprint density at radius 2 is 2.07 bits per heavy atom. The van der Waals surface area contributed by atoms with Crippen LogP contribution in [0.4, 0.5) is 0 Å². The molecular weight excluding hydrogens is 178 g/mol. The lowest BCUT2D eigenvalue weighted by atomic mass is 10.3. The van der Waals surface area contributed by atoms with Crippen molar-refractivity contribution in [2.24, 2.45) is 0 Å². The largest absolute Gasteiger partial charge is 0.351 e. The van der Waals surface area contributed by atoms with Gasteiger partial charge in [0.2, 0.25) is 0 Å². The van der Waals surface area contributed by atoms with Crippen LogP contribution in [0.25, 0.3) is 16.7 Å². The maximum Gasteiger partial charge on any atom is 0.351 e. The molecule has 0 aliphatic carbocycles. The molecule has 0 atom stereocenters. The molecule has 2 N–H and O–H groups in total. The van der Waals surface area contributed by atoms with Crippen molar-refractivity contribution in [2.75, 3.05) is 0 Å². The van der Waals surface area contributed by atoms with Crippen LogP contribution in [0.2, 0.25) is 0 Å². The predicted molar refractivity (Wildman–Crippen MR) is 52.1 cm³/mol. The Balaban J connectivity index is 2.70. The lowest BCUT2D eigenvalue weighted by Crippen LogP contribution is -2.27. The topological polar surface area (TPSA) is 52.8 Å². The highest BCUT2D eigenvalue weighted by atomic mass is 16.1. The van der Waals surface area contributed by atoms with Crippen molar-refractivity contribution in [1.82, 2.24) is 9.97 Å². The van der Waals surface area contributed by atoms with Gasteiger partial charge >= 0.3 is 11.2 Å². The number of nitrogens with zero attached hydrogens (tertiary/aromatic N) is 1. The van der Waals surface area contributed by atoms with Crippen molar-refractivity contribution in [3.05, 3.63) is 47.0 Å². The van der Waals surface area contributed by atoms with Gasteiger partial charge in [0.15, 0.2) is 11.0 Å². The van der Waals surface area contributed by atoms with Crippen LogP contribution in [0.3, 0.4) is 0 Å². The van der Waals surface area contributed by atoms with E-state index < -0.39 is 0 Å². The first kappa shape index (κ1) is 7.32. The highest BCUT2D eigenvalue weighted by Gasteiger charge is 2.12. The van der Waals surface area contributed by atoms with E-state index in [1.807, 2.05) is 34.9 Å². The fourth-order valence-electron chi connectivity index (χ4n) is 1.67. The molecule has 0 aliphatic heterocycles. The Labute approximate surface area is 78.8 Å². The number of fused-ring (bicyclic) bond motifs is 3. The van der Waals surface area contributed by atoms with Gasteiger partial charge in [-0.2, -0.15) is 4.40 Å². The zero-order valence-electron chi connectivity index (χ0n) is 7.32. The number of aromatic nitrogens is 3. The van der Waals surface area contributed by atoms with Crippen molar-refractivity contribution >= 4 is 16.7 Å². The molecule has 3 rings (SSSR count). The number of hydrogen-bond acceptors (Lipinski definition) is 1. The minimum absolute atomic E-state index is 0.108. The Bertz CT molecular complexity index is 665. The van der Waals surface area contributed by atoms with Gasteiger partial charge in [0.1, 0.15) is 6.20 Å². The highest BCUT2D eigenvalue weighted by molar-refractivity contribution is 5.73. The van der Waals surface area contributed by atoms with Crippen LogP contribution < -0.4 is 9.96 Å². The summed E-state index contributed by atoms with van der Waals surface area (Å²) in [7, 11) is 0. The maximum atomic E-state index is 11.4. The Morgan fingerprint density at radius 3 is 3.00 bits per heavy atom. The van der Waals surface area contributed by atoms with E-state index in [4.69, 9.17) is 0 Å². The van der Waals surface area contributed by atoms with E-state index in [0.29, 0.717) is 5.65 Å². The fourth-order valence-corrected chi connectivity index (χ4v) is 1.67. The highest BCUT2D eigenvalue weighted by Crippen LogP contribution is 2.06. The van der Waals surface area contributed by atoms with Crippen molar-refractivity contribution in [3.8, 4) is 0 Å². The van der Waals surface area contributed by atoms with Crippen molar-refractivity contribution in [1.29, 1.82) is 0 Å². The third kappa shape index (κ3) is 0.821. The van der Waals surface area contributed by atoms with Crippen LogP contribution in [0.1, 0.15) is 0 Å². The molecule has 2 aromatic heterocycles. The Kier molecular flexibility index (Phi) is 1.28. The summed E-state index contributed by atoms with van der Waals surface area (Å²) in [5, 5.41) is 0. The lowest BCUT2D eigenvalue weighted by molar-refractivity contribution is -0.482. The molecule has 0 amide bonds. The number of H-pyrrole nitrogens is 2. The van der Waals surface area contributed by atoms with Gasteiger partial charge in [-0.15, -0.1) is 0 Å². The molecule has 0 fully saturated rings. The van der Waals surface area contributed by atoms with E-state index in [1.54, 1.807) is 6.20 Å². The Hall–Kier alpha value is -2.10. The van der Waals surface area contributed by atoms with Gasteiger partial charge < -0.3 is 4.98 Å². The van der Waals surface area contributed by atoms with Crippen molar-refractivity contribution in [3.63, 3.8) is 0 Å². The van der Waals surface area contributed by atoms with Gasteiger partial charge in [-0.25, -0.2) is 4.98 Å². The summed E-state index contributed by atoms with van der Waals surface area (Å²) in [6, 6.07) is 7.80. The molecule has 0 spiro atoms. The summed E-state index contributed by atoms with van der Waals surface area (Å²) in [5.41, 5.74) is 2.43. The molecule has 4 heteroatoms. The van der Waals surface area contributed by atoms with Crippen LogP contribution in [0.5, 0.6) is 0 Å². The maximum absolute atomic E-state index is 11.4. The molecule has 1 aromatic carbocycles. The number of hydrogen-bond donors (Lipinski definition) is 2. The zero-order valence-corrected chi connectivity index (χ0v) is 7.32. The fraction of sp³-hybridized carbons (Fsp3) is 0. The van der Waals surface area contributed by atoms with Crippen LogP contribution in [0, 0.1) is 0 Å². The average Bonchev–Trinajstić information content (AvgIpc) is 2.59. The zero-order chi connectivity index (χ0) is 9.54. The summed E-state index contributed by atoms with van der Waals surface area (Å²) in [5.74, 6) is 0. The molecular formula is C10H8N3O+. The third-order valence-electron chi connectivity index (χ3n) is 2.31. The first-order chi connectivity index (χ1) is 6.86. The number of aromatic amines is 2. The molecule has 2 heterocycles. The minimum atomic E-state index is -0.108. The number of rotatable bonds is 0. The number of para-hydroxylation sites is 2. The molecule has 68 valence electrons. The first-order valence-corrected chi connectivity index (χ1v) is 4.36. The van der Waals surface area contributed by atoms with Crippen LogP contribution >= 0.6 is 0 Å². The number of nitrogens with one attached hydrogen (secondary N) is 2. The summed E-state index contributed by atoms with van der Waals surface area (Å²) in [4.78, 5) is 17.1. The van der Waals surface area contributed by atoms with Gasteiger partial charge in [0.25, 0.3) is 0 Å². The van der Waals surface area contributed by atoms with E-state index in [-0.39, 0.29) is 5.56 Å². The van der Waals surface area contributed by atoms with Crippen LogP contribution in [-0.4, -0.2) is 9.97 Å². The first-order valence-electron chi connectivity index (χ1n) is 4.36. The standard InChI is InChI=1S/C10H7N3O/c14-10-9-12-7-3-1-2-4-8(7)13(9)6-5-11-10/h1-6H,(H,11,14)/p+1. The van der Waals surface area contributed by atoms with E-state index in [2.05, 4.69) is 9.97 Å². The number of benzene rings is 1. The summed E-state index contributed by atoms with van der Waals surface area (Å²) < 4.78 is 1.84. The third-order valence-corrected chi connectivity index (χ3v) is 2.31. The smallest absolute Gasteiger partial charge is 0.318 e. The quantitative estimate of drug-likeness (QED) is 0.496. The van der Waals surface area contributed by atoms with Crippen molar-refractivity contribution < 1.29 is 4.40 Å².